The second kappa shape index (κ2) is 4.92. The molecule has 1 aliphatic carbocycles. The van der Waals surface area contributed by atoms with Gasteiger partial charge in [0.05, 0.1) is 18.3 Å². The Bertz CT molecular complexity index is 625. The maximum absolute atomic E-state index is 6.26. The molecule has 4 rings (SSSR count). The lowest BCUT2D eigenvalue weighted by molar-refractivity contribution is 0.0773. The quantitative estimate of drug-likeness (QED) is 0.891. The van der Waals surface area contributed by atoms with Crippen LogP contribution in [-0.4, -0.2) is 33.3 Å². The summed E-state index contributed by atoms with van der Waals surface area (Å²) in [6.45, 7) is 1.49. The molecule has 0 aromatic carbocycles. The van der Waals surface area contributed by atoms with E-state index in [1.165, 1.54) is 0 Å². The highest BCUT2D eigenvalue weighted by Gasteiger charge is 2.37. The summed E-state index contributed by atoms with van der Waals surface area (Å²) >= 11 is 0. The normalized spacial score (nSPS) is 24.7. The van der Waals surface area contributed by atoms with Gasteiger partial charge in [-0.05, 0) is 32.1 Å². The molecule has 2 fully saturated rings. The van der Waals surface area contributed by atoms with Crippen molar-refractivity contribution in [3.8, 4) is 11.6 Å². The van der Waals surface area contributed by atoms with E-state index in [1.807, 2.05) is 0 Å². The molecule has 0 radical (unpaired) electrons. The highest BCUT2D eigenvalue weighted by molar-refractivity contribution is 5.45. The summed E-state index contributed by atoms with van der Waals surface area (Å²) in [7, 11) is 0. The van der Waals surface area contributed by atoms with Crippen LogP contribution in [-0.2, 0) is 10.3 Å². The monoisotopic (exact) mass is 289 g/mol. The number of rotatable bonds is 3. The van der Waals surface area contributed by atoms with Crippen LogP contribution in [0.2, 0.25) is 0 Å². The van der Waals surface area contributed by atoms with E-state index in [4.69, 9.17) is 15.0 Å². The molecule has 0 spiro atoms. The van der Waals surface area contributed by atoms with Gasteiger partial charge in [-0.15, -0.1) is 0 Å². The number of aromatic amines is 1. The molecule has 3 N–H and O–H groups in total. The van der Waals surface area contributed by atoms with Gasteiger partial charge in [0.25, 0.3) is 5.89 Å². The third-order valence-corrected chi connectivity index (χ3v) is 4.49. The average Bonchev–Trinajstić information content (AvgIpc) is 3.14. The smallest absolute Gasteiger partial charge is 0.275 e. The van der Waals surface area contributed by atoms with Crippen LogP contribution < -0.4 is 5.73 Å². The molecule has 2 aliphatic rings. The molecule has 7 nitrogen and oxygen atoms in total. The molecule has 1 aliphatic heterocycles. The predicted molar refractivity (Wildman–Crippen MR) is 74.4 cm³/mol. The van der Waals surface area contributed by atoms with Crippen molar-refractivity contribution in [1.29, 1.82) is 0 Å². The first-order valence-corrected chi connectivity index (χ1v) is 7.51. The Kier molecular flexibility index (Phi) is 3.04. The van der Waals surface area contributed by atoms with Crippen molar-refractivity contribution in [2.24, 2.45) is 5.73 Å². The molecule has 112 valence electrons. The minimum atomic E-state index is -0.307. The lowest BCUT2D eigenvalue weighted by Crippen LogP contribution is -2.44. The van der Waals surface area contributed by atoms with Gasteiger partial charge in [0.1, 0.15) is 11.5 Å². The Morgan fingerprint density at radius 2 is 2.24 bits per heavy atom. The van der Waals surface area contributed by atoms with Crippen LogP contribution in [0.5, 0.6) is 0 Å². The molecular formula is C14H19N5O2. The second-order valence-electron chi connectivity index (χ2n) is 6.03. The number of nitrogens with two attached hydrogens (primary N) is 1. The number of imidazole rings is 1. The lowest BCUT2D eigenvalue weighted by atomic mass is 9.77. The van der Waals surface area contributed by atoms with Gasteiger partial charge in [0, 0.05) is 12.5 Å². The summed E-state index contributed by atoms with van der Waals surface area (Å²) in [4.78, 5) is 12.1. The van der Waals surface area contributed by atoms with Crippen LogP contribution in [0, 0.1) is 0 Å². The first kappa shape index (κ1) is 13.0. The highest BCUT2D eigenvalue weighted by atomic mass is 16.5. The van der Waals surface area contributed by atoms with E-state index < -0.39 is 0 Å². The average molecular weight is 289 g/mol. The molecule has 1 unspecified atom stereocenters. The van der Waals surface area contributed by atoms with Crippen molar-refractivity contribution in [1.82, 2.24) is 20.1 Å². The van der Waals surface area contributed by atoms with Crippen molar-refractivity contribution in [2.75, 3.05) is 13.2 Å². The summed E-state index contributed by atoms with van der Waals surface area (Å²) in [6, 6.07) is 0. The predicted octanol–water partition coefficient (Wildman–Crippen LogP) is 1.69. The van der Waals surface area contributed by atoms with Crippen LogP contribution in [0.1, 0.15) is 49.7 Å². The standard InChI is InChI=1S/C14H19N5O2/c15-14(4-2-5-14)13-16-7-10(17-13)12-18-11(19-21-12)9-3-1-6-20-8-9/h7,9H,1-6,8,15H2,(H,16,17). The topological polar surface area (TPSA) is 103 Å². The minimum absolute atomic E-state index is 0.228. The summed E-state index contributed by atoms with van der Waals surface area (Å²) in [6.07, 6.45) is 6.89. The third kappa shape index (κ3) is 2.26. The van der Waals surface area contributed by atoms with Crippen molar-refractivity contribution >= 4 is 0 Å². The van der Waals surface area contributed by atoms with E-state index in [1.54, 1.807) is 6.20 Å². The van der Waals surface area contributed by atoms with E-state index >= 15 is 0 Å². The van der Waals surface area contributed by atoms with Gasteiger partial charge in [-0.25, -0.2) is 4.98 Å². The number of nitrogens with zero attached hydrogens (tertiary/aromatic N) is 3. The molecule has 21 heavy (non-hydrogen) atoms. The SMILES string of the molecule is NC1(c2ncc(-c3nc(C4CCCOC4)no3)[nH]2)CCC1. The molecule has 7 heteroatoms. The zero-order chi connectivity index (χ0) is 14.3. The van der Waals surface area contributed by atoms with E-state index in [9.17, 15) is 0 Å². The van der Waals surface area contributed by atoms with Gasteiger partial charge in [0.2, 0.25) is 0 Å². The number of H-pyrrole nitrogens is 1. The number of aromatic nitrogens is 4. The Hall–Kier alpha value is -1.73. The largest absolute Gasteiger partial charge is 0.381 e. The molecule has 2 aromatic heterocycles. The number of ether oxygens (including phenoxy) is 1. The zero-order valence-electron chi connectivity index (χ0n) is 11.8. The van der Waals surface area contributed by atoms with Gasteiger partial charge in [0.15, 0.2) is 5.82 Å². The van der Waals surface area contributed by atoms with E-state index in [0.29, 0.717) is 18.3 Å². The fourth-order valence-corrected chi connectivity index (χ4v) is 2.93. The molecular weight excluding hydrogens is 270 g/mol. The van der Waals surface area contributed by atoms with Crippen molar-refractivity contribution in [2.45, 2.75) is 43.6 Å². The minimum Gasteiger partial charge on any atom is -0.381 e. The maximum atomic E-state index is 6.26. The van der Waals surface area contributed by atoms with Gasteiger partial charge in [-0.1, -0.05) is 5.16 Å². The van der Waals surface area contributed by atoms with Gasteiger partial charge in [-0.2, -0.15) is 4.98 Å². The Labute approximate surface area is 122 Å². The molecule has 0 amide bonds. The van der Waals surface area contributed by atoms with Crippen molar-refractivity contribution in [3.05, 3.63) is 17.8 Å². The lowest BCUT2D eigenvalue weighted by Gasteiger charge is -2.35. The Balaban J connectivity index is 1.55. The number of hydrogen-bond donors (Lipinski definition) is 2. The van der Waals surface area contributed by atoms with Crippen LogP contribution in [0.3, 0.4) is 0 Å². The number of hydrogen-bond acceptors (Lipinski definition) is 6. The Morgan fingerprint density at radius 3 is 2.95 bits per heavy atom. The van der Waals surface area contributed by atoms with E-state index in [0.717, 1.165) is 50.2 Å². The maximum Gasteiger partial charge on any atom is 0.275 e. The third-order valence-electron chi connectivity index (χ3n) is 4.49. The van der Waals surface area contributed by atoms with Crippen molar-refractivity contribution < 1.29 is 9.26 Å². The number of nitrogens with one attached hydrogen (secondary N) is 1. The van der Waals surface area contributed by atoms with E-state index in [2.05, 4.69) is 20.1 Å². The molecule has 1 atom stereocenters. The molecule has 0 bridgehead atoms. The van der Waals surface area contributed by atoms with Crippen LogP contribution in [0.15, 0.2) is 10.7 Å². The summed E-state index contributed by atoms with van der Waals surface area (Å²) in [5.41, 5.74) is 6.69. The van der Waals surface area contributed by atoms with E-state index in [-0.39, 0.29) is 11.5 Å². The van der Waals surface area contributed by atoms with Gasteiger partial charge in [-0.3, -0.25) is 0 Å². The molecule has 2 aromatic rings. The summed E-state index contributed by atoms with van der Waals surface area (Å²) in [5, 5.41) is 4.08. The van der Waals surface area contributed by atoms with Crippen LogP contribution in [0.25, 0.3) is 11.6 Å². The summed E-state index contributed by atoms with van der Waals surface area (Å²) < 4.78 is 10.8. The summed E-state index contributed by atoms with van der Waals surface area (Å²) in [5.74, 6) is 2.22. The fraction of sp³-hybridized carbons (Fsp3) is 0.643. The molecule has 1 saturated carbocycles. The van der Waals surface area contributed by atoms with Gasteiger partial charge < -0.3 is 20.0 Å². The van der Waals surface area contributed by atoms with Crippen molar-refractivity contribution in [3.63, 3.8) is 0 Å². The highest BCUT2D eigenvalue weighted by Crippen LogP contribution is 2.37. The molecule has 1 saturated heterocycles. The fourth-order valence-electron chi connectivity index (χ4n) is 2.93. The first-order chi connectivity index (χ1) is 10.2. The van der Waals surface area contributed by atoms with Crippen LogP contribution >= 0.6 is 0 Å². The zero-order valence-corrected chi connectivity index (χ0v) is 11.8. The Morgan fingerprint density at radius 1 is 1.33 bits per heavy atom. The van der Waals surface area contributed by atoms with Crippen LogP contribution in [0.4, 0.5) is 0 Å². The first-order valence-electron chi connectivity index (χ1n) is 7.51. The van der Waals surface area contributed by atoms with Gasteiger partial charge >= 0.3 is 0 Å². The molecule has 3 heterocycles. The second-order valence-corrected chi connectivity index (χ2v) is 6.03.